The summed E-state index contributed by atoms with van der Waals surface area (Å²) in [5.74, 6) is -5.19. The van der Waals surface area contributed by atoms with Crippen LogP contribution in [-0.2, 0) is 4.79 Å². The first-order valence-corrected chi connectivity index (χ1v) is 12.9. The Morgan fingerprint density at radius 3 is 2.60 bits per heavy atom. The van der Waals surface area contributed by atoms with Crippen LogP contribution in [0.25, 0.3) is 11.2 Å². The third-order valence-corrected chi connectivity index (χ3v) is 7.91. The molecule has 2 aliphatic heterocycles. The van der Waals surface area contributed by atoms with Gasteiger partial charge in [-0.25, -0.2) is 23.4 Å². The van der Waals surface area contributed by atoms with E-state index in [9.17, 15) is 36.3 Å². The maximum absolute atomic E-state index is 14.7. The van der Waals surface area contributed by atoms with Gasteiger partial charge in [0.2, 0.25) is 5.91 Å². The number of pyridine rings is 1. The summed E-state index contributed by atoms with van der Waals surface area (Å²) in [6.45, 7) is -2.00. The number of piperidine rings is 1. The largest absolute Gasteiger partial charge is 0.406 e. The van der Waals surface area contributed by atoms with Crippen LogP contribution in [0.2, 0.25) is 0 Å². The van der Waals surface area contributed by atoms with E-state index in [1.54, 1.807) is 12.1 Å². The number of aromatic nitrogens is 3. The van der Waals surface area contributed by atoms with E-state index in [0.29, 0.717) is 22.5 Å². The van der Waals surface area contributed by atoms with Gasteiger partial charge in [0.05, 0.1) is 11.4 Å². The number of aromatic amines is 1. The highest BCUT2D eigenvalue weighted by molar-refractivity contribution is 5.81. The average molecular weight is 567 g/mol. The topological polar surface area (TPSA) is 117 Å². The van der Waals surface area contributed by atoms with Crippen molar-refractivity contribution in [2.45, 2.75) is 49.9 Å². The van der Waals surface area contributed by atoms with E-state index in [2.05, 4.69) is 9.97 Å². The lowest BCUT2D eigenvalue weighted by molar-refractivity contribution is -0.164. The standard InChI is InChI=1S/C26H27F5N6O3/c27-18-4-1-3-16(21(18)28)14-6-7-17(23(38)35(12-14)13-26(29,30)31)20-11-15(8-10-36(20)24(32)39)37-19-5-2-9-33-22(19)34-25(37)40/h1-5,9,14-15,17,20H,6-8,10-13H2,(H2,32,39)(H,33,34,40)/t14-,15?,17-,20?/m1/s1. The summed E-state index contributed by atoms with van der Waals surface area (Å²) in [5, 5.41) is 0. The van der Waals surface area contributed by atoms with Gasteiger partial charge in [-0.2, -0.15) is 13.2 Å². The third kappa shape index (κ3) is 5.26. The van der Waals surface area contributed by atoms with Crippen molar-refractivity contribution in [3.63, 3.8) is 0 Å². The Balaban J connectivity index is 1.51. The van der Waals surface area contributed by atoms with Crippen molar-refractivity contribution in [2.24, 2.45) is 11.7 Å². The first kappa shape index (κ1) is 27.6. The maximum atomic E-state index is 14.7. The number of rotatable bonds is 4. The molecule has 9 nitrogen and oxygen atoms in total. The number of likely N-dealkylation sites (tertiary alicyclic amines) is 2. The molecule has 2 aliphatic rings. The molecule has 2 unspecified atom stereocenters. The number of hydrogen-bond donors (Lipinski definition) is 2. The SMILES string of the molecule is NC(=O)N1CCC(n2c(=O)[nH]c3ncccc32)CC1[C@H]1CC[C@@H](c2cccc(F)c2F)CN(CC(F)(F)F)C1=O. The van der Waals surface area contributed by atoms with Gasteiger partial charge in [0.1, 0.15) is 6.54 Å². The third-order valence-electron chi connectivity index (χ3n) is 7.91. The van der Waals surface area contributed by atoms with Gasteiger partial charge in [-0.1, -0.05) is 12.1 Å². The predicted molar refractivity (Wildman–Crippen MR) is 133 cm³/mol. The molecule has 14 heteroatoms. The highest BCUT2D eigenvalue weighted by Crippen LogP contribution is 2.39. The second kappa shape index (κ2) is 10.5. The number of benzene rings is 1. The molecule has 2 aromatic heterocycles. The molecule has 3 amide bonds. The first-order chi connectivity index (χ1) is 18.9. The molecule has 0 saturated carbocycles. The molecule has 0 bridgehead atoms. The Kier molecular flexibility index (Phi) is 7.27. The number of imidazole rings is 1. The van der Waals surface area contributed by atoms with E-state index >= 15 is 0 Å². The van der Waals surface area contributed by atoms with Crippen LogP contribution in [0.3, 0.4) is 0 Å². The van der Waals surface area contributed by atoms with Gasteiger partial charge in [-0.3, -0.25) is 14.3 Å². The van der Waals surface area contributed by atoms with Gasteiger partial charge in [0, 0.05) is 37.3 Å². The number of nitrogens with zero attached hydrogens (tertiary/aromatic N) is 4. The van der Waals surface area contributed by atoms with E-state index < -0.39 is 72.4 Å². The van der Waals surface area contributed by atoms with Crippen LogP contribution in [0.5, 0.6) is 0 Å². The van der Waals surface area contributed by atoms with Crippen molar-refractivity contribution in [3.8, 4) is 0 Å². The van der Waals surface area contributed by atoms with Gasteiger partial charge < -0.3 is 15.5 Å². The minimum Gasteiger partial charge on any atom is -0.351 e. The van der Waals surface area contributed by atoms with Gasteiger partial charge in [0.25, 0.3) is 0 Å². The van der Waals surface area contributed by atoms with Crippen LogP contribution in [0.1, 0.15) is 43.2 Å². The molecular formula is C26H27F5N6O3. The molecule has 0 spiro atoms. The number of urea groups is 1. The molecule has 214 valence electrons. The van der Waals surface area contributed by atoms with Gasteiger partial charge in [0.15, 0.2) is 17.3 Å². The van der Waals surface area contributed by atoms with E-state index in [4.69, 9.17) is 5.73 Å². The quantitative estimate of drug-likeness (QED) is 0.469. The van der Waals surface area contributed by atoms with Crippen molar-refractivity contribution >= 4 is 23.1 Å². The Morgan fingerprint density at radius 1 is 1.10 bits per heavy atom. The summed E-state index contributed by atoms with van der Waals surface area (Å²) in [6, 6.07) is 4.53. The molecular weight excluding hydrogens is 539 g/mol. The molecule has 2 fully saturated rings. The summed E-state index contributed by atoms with van der Waals surface area (Å²) >= 11 is 0. The molecule has 40 heavy (non-hydrogen) atoms. The zero-order valence-electron chi connectivity index (χ0n) is 21.2. The minimum absolute atomic E-state index is 0.000678. The van der Waals surface area contributed by atoms with E-state index in [1.165, 1.54) is 27.8 Å². The molecule has 2 saturated heterocycles. The Bertz CT molecular complexity index is 1490. The van der Waals surface area contributed by atoms with Crippen LogP contribution < -0.4 is 11.4 Å². The van der Waals surface area contributed by atoms with Gasteiger partial charge in [-0.05, 0) is 49.4 Å². The smallest absolute Gasteiger partial charge is 0.351 e. The Hall–Kier alpha value is -3.97. The number of halogens is 5. The van der Waals surface area contributed by atoms with Crippen molar-refractivity contribution in [1.29, 1.82) is 0 Å². The monoisotopic (exact) mass is 566 g/mol. The molecule has 3 aromatic rings. The molecule has 4 heterocycles. The summed E-state index contributed by atoms with van der Waals surface area (Å²) in [5.41, 5.74) is 5.93. The number of H-pyrrole nitrogens is 1. The Morgan fingerprint density at radius 2 is 1.88 bits per heavy atom. The predicted octanol–water partition coefficient (Wildman–Crippen LogP) is 3.67. The molecule has 4 atom stereocenters. The fourth-order valence-electron chi connectivity index (χ4n) is 6.18. The number of amides is 3. The lowest BCUT2D eigenvalue weighted by Gasteiger charge is -2.42. The number of nitrogens with one attached hydrogen (secondary N) is 1. The lowest BCUT2D eigenvalue weighted by atomic mass is 9.83. The number of hydrogen-bond acceptors (Lipinski definition) is 4. The number of carbonyl (C=O) groups excluding carboxylic acids is 2. The van der Waals surface area contributed by atoms with Crippen LogP contribution >= 0.6 is 0 Å². The number of alkyl halides is 3. The van der Waals surface area contributed by atoms with Gasteiger partial charge in [-0.15, -0.1) is 0 Å². The zero-order valence-corrected chi connectivity index (χ0v) is 21.2. The summed E-state index contributed by atoms with van der Waals surface area (Å²) in [4.78, 5) is 47.6. The number of carbonyl (C=O) groups is 2. The lowest BCUT2D eigenvalue weighted by Crippen LogP contribution is -2.56. The number of nitrogens with two attached hydrogens (primary N) is 1. The molecule has 3 N–H and O–H groups in total. The summed E-state index contributed by atoms with van der Waals surface area (Å²) in [7, 11) is 0. The second-order valence-electron chi connectivity index (χ2n) is 10.3. The fraction of sp³-hybridized carbons (Fsp3) is 0.462. The van der Waals surface area contributed by atoms with Gasteiger partial charge >= 0.3 is 17.9 Å². The van der Waals surface area contributed by atoms with E-state index in [-0.39, 0.29) is 31.4 Å². The zero-order chi connectivity index (χ0) is 28.8. The van der Waals surface area contributed by atoms with Crippen LogP contribution in [0.15, 0.2) is 41.3 Å². The second-order valence-corrected chi connectivity index (χ2v) is 10.3. The number of primary amides is 1. The van der Waals surface area contributed by atoms with Crippen molar-refractivity contribution in [2.75, 3.05) is 19.6 Å². The van der Waals surface area contributed by atoms with Crippen LogP contribution in [-0.4, -0.2) is 68.1 Å². The molecule has 0 aliphatic carbocycles. The van der Waals surface area contributed by atoms with Crippen LogP contribution in [0, 0.1) is 17.6 Å². The molecule has 0 radical (unpaired) electrons. The highest BCUT2D eigenvalue weighted by atomic mass is 19.4. The summed E-state index contributed by atoms with van der Waals surface area (Å²) < 4.78 is 70.8. The van der Waals surface area contributed by atoms with E-state index in [0.717, 1.165) is 6.07 Å². The Labute approximate surface area is 224 Å². The minimum atomic E-state index is -4.75. The molecule has 1 aromatic carbocycles. The van der Waals surface area contributed by atoms with E-state index in [1.807, 2.05) is 0 Å². The van der Waals surface area contributed by atoms with Crippen molar-refractivity contribution in [1.82, 2.24) is 24.3 Å². The first-order valence-electron chi connectivity index (χ1n) is 12.9. The number of fused-ring (bicyclic) bond motifs is 1. The van der Waals surface area contributed by atoms with Crippen molar-refractivity contribution in [3.05, 3.63) is 64.2 Å². The summed E-state index contributed by atoms with van der Waals surface area (Å²) in [6.07, 6.45) is -2.79. The highest BCUT2D eigenvalue weighted by Gasteiger charge is 2.46. The maximum Gasteiger partial charge on any atom is 0.406 e. The molecule has 5 rings (SSSR count). The average Bonchev–Trinajstić information content (AvgIpc) is 3.15. The van der Waals surface area contributed by atoms with Crippen LogP contribution in [0.4, 0.5) is 26.7 Å². The van der Waals surface area contributed by atoms with Crippen molar-refractivity contribution < 1.29 is 31.5 Å². The normalized spacial score (nSPS) is 24.4. The fourth-order valence-corrected chi connectivity index (χ4v) is 6.18.